The second-order valence-electron chi connectivity index (χ2n) is 7.02. The SMILES string of the molecule is CCCN1C(=O)CN(S(C)(=O)=O)CC1(C)C(=O)NCc1ccc(C)cc1. The zero-order chi connectivity index (χ0) is 19.5. The Hall–Kier alpha value is -1.93. The molecule has 1 heterocycles. The average Bonchev–Trinajstić information content (AvgIpc) is 2.56. The van der Waals surface area contributed by atoms with Crippen molar-refractivity contribution in [2.75, 3.05) is 25.9 Å². The first-order valence-corrected chi connectivity index (χ1v) is 10.5. The molecule has 26 heavy (non-hydrogen) atoms. The molecule has 1 saturated heterocycles. The van der Waals surface area contributed by atoms with Crippen LogP contribution in [0.4, 0.5) is 0 Å². The van der Waals surface area contributed by atoms with Crippen LogP contribution in [-0.4, -0.2) is 60.9 Å². The lowest BCUT2D eigenvalue weighted by molar-refractivity contribution is -0.152. The number of carbonyl (C=O) groups is 2. The highest BCUT2D eigenvalue weighted by molar-refractivity contribution is 7.88. The molecule has 1 fully saturated rings. The Labute approximate surface area is 155 Å². The number of aryl methyl sites for hydroxylation is 1. The second-order valence-corrected chi connectivity index (χ2v) is 9.00. The number of hydrogen-bond donors (Lipinski definition) is 1. The molecule has 1 aliphatic heterocycles. The van der Waals surface area contributed by atoms with Gasteiger partial charge in [-0.1, -0.05) is 36.8 Å². The molecule has 0 spiro atoms. The topological polar surface area (TPSA) is 86.8 Å². The lowest BCUT2D eigenvalue weighted by atomic mass is 9.95. The minimum absolute atomic E-state index is 0.0443. The Balaban J connectivity index is 2.22. The van der Waals surface area contributed by atoms with E-state index in [-0.39, 0.29) is 24.9 Å². The summed E-state index contributed by atoms with van der Waals surface area (Å²) in [6.07, 6.45) is 1.74. The Morgan fingerprint density at radius 3 is 2.42 bits per heavy atom. The van der Waals surface area contributed by atoms with Gasteiger partial charge in [0.1, 0.15) is 5.54 Å². The molecule has 2 rings (SSSR count). The molecule has 1 aromatic carbocycles. The molecule has 2 amide bonds. The van der Waals surface area contributed by atoms with E-state index in [0.717, 1.165) is 21.7 Å². The van der Waals surface area contributed by atoms with E-state index in [1.165, 1.54) is 4.90 Å². The molecule has 0 aromatic heterocycles. The molecular formula is C18H27N3O4S. The van der Waals surface area contributed by atoms with Crippen LogP contribution in [-0.2, 0) is 26.2 Å². The smallest absolute Gasteiger partial charge is 0.247 e. The molecule has 0 saturated carbocycles. The fourth-order valence-corrected chi connectivity index (χ4v) is 3.93. The molecular weight excluding hydrogens is 354 g/mol. The average molecular weight is 381 g/mol. The van der Waals surface area contributed by atoms with Gasteiger partial charge in [-0.2, -0.15) is 4.31 Å². The van der Waals surface area contributed by atoms with E-state index in [9.17, 15) is 18.0 Å². The highest BCUT2D eigenvalue weighted by Gasteiger charge is 2.48. The van der Waals surface area contributed by atoms with Crippen molar-refractivity contribution in [1.29, 1.82) is 0 Å². The van der Waals surface area contributed by atoms with Gasteiger partial charge in [0.2, 0.25) is 21.8 Å². The first-order valence-electron chi connectivity index (χ1n) is 8.67. The number of carbonyl (C=O) groups excluding carboxylic acids is 2. The number of piperazine rings is 1. The summed E-state index contributed by atoms with van der Waals surface area (Å²) >= 11 is 0. The van der Waals surface area contributed by atoms with Gasteiger partial charge in [-0.3, -0.25) is 9.59 Å². The van der Waals surface area contributed by atoms with Crippen LogP contribution in [0.2, 0.25) is 0 Å². The first kappa shape index (κ1) is 20.4. The summed E-state index contributed by atoms with van der Waals surface area (Å²) in [7, 11) is -3.57. The summed E-state index contributed by atoms with van der Waals surface area (Å²) < 4.78 is 25.0. The molecule has 1 N–H and O–H groups in total. The zero-order valence-corrected chi connectivity index (χ0v) is 16.6. The van der Waals surface area contributed by atoms with Crippen LogP contribution >= 0.6 is 0 Å². The van der Waals surface area contributed by atoms with E-state index in [1.807, 2.05) is 38.1 Å². The quantitative estimate of drug-likeness (QED) is 0.793. The van der Waals surface area contributed by atoms with E-state index in [0.29, 0.717) is 19.5 Å². The third kappa shape index (κ3) is 4.42. The minimum Gasteiger partial charge on any atom is -0.350 e. The van der Waals surface area contributed by atoms with Crippen molar-refractivity contribution in [3.05, 3.63) is 35.4 Å². The van der Waals surface area contributed by atoms with E-state index in [2.05, 4.69) is 5.32 Å². The van der Waals surface area contributed by atoms with Crippen LogP contribution in [0, 0.1) is 6.92 Å². The molecule has 144 valence electrons. The molecule has 1 aromatic rings. The van der Waals surface area contributed by atoms with Gasteiger partial charge in [-0.05, 0) is 25.8 Å². The fourth-order valence-electron chi connectivity index (χ4n) is 3.10. The van der Waals surface area contributed by atoms with Crippen molar-refractivity contribution in [3.63, 3.8) is 0 Å². The standard InChI is InChI=1S/C18H27N3O4S/c1-5-10-21-16(22)12-20(26(4,24)25)13-18(21,3)17(23)19-11-15-8-6-14(2)7-9-15/h6-9H,5,10-13H2,1-4H3,(H,19,23). The first-order chi connectivity index (χ1) is 12.1. The maximum atomic E-state index is 12.9. The summed E-state index contributed by atoms with van der Waals surface area (Å²) in [5.74, 6) is -0.704. The highest BCUT2D eigenvalue weighted by Crippen LogP contribution is 2.25. The van der Waals surface area contributed by atoms with Crippen LogP contribution in [0.15, 0.2) is 24.3 Å². The molecule has 0 bridgehead atoms. The van der Waals surface area contributed by atoms with Crippen molar-refractivity contribution in [2.45, 2.75) is 39.3 Å². The third-order valence-corrected chi connectivity index (χ3v) is 5.87. The predicted octanol–water partition coefficient (Wildman–Crippen LogP) is 0.884. The van der Waals surface area contributed by atoms with Crippen molar-refractivity contribution in [3.8, 4) is 0 Å². The van der Waals surface area contributed by atoms with Gasteiger partial charge in [0.25, 0.3) is 0 Å². The third-order valence-electron chi connectivity index (χ3n) is 4.67. The fraction of sp³-hybridized carbons (Fsp3) is 0.556. The predicted molar refractivity (Wildman–Crippen MR) is 99.9 cm³/mol. The van der Waals surface area contributed by atoms with Gasteiger partial charge < -0.3 is 10.2 Å². The molecule has 0 radical (unpaired) electrons. The Bertz CT molecular complexity index is 776. The summed E-state index contributed by atoms with van der Waals surface area (Å²) in [6, 6.07) is 7.78. The van der Waals surface area contributed by atoms with Gasteiger partial charge in [0.15, 0.2) is 0 Å². The van der Waals surface area contributed by atoms with Crippen LogP contribution in [0.1, 0.15) is 31.4 Å². The Morgan fingerprint density at radius 1 is 1.27 bits per heavy atom. The Kier molecular flexibility index (Phi) is 6.08. The van der Waals surface area contributed by atoms with Crippen molar-refractivity contribution < 1.29 is 18.0 Å². The van der Waals surface area contributed by atoms with Gasteiger partial charge in [0.05, 0.1) is 12.8 Å². The maximum Gasteiger partial charge on any atom is 0.247 e. The van der Waals surface area contributed by atoms with Crippen molar-refractivity contribution in [1.82, 2.24) is 14.5 Å². The summed E-state index contributed by atoms with van der Waals surface area (Å²) in [6.45, 7) is 5.99. The summed E-state index contributed by atoms with van der Waals surface area (Å²) in [4.78, 5) is 26.9. The zero-order valence-electron chi connectivity index (χ0n) is 15.8. The van der Waals surface area contributed by atoms with Gasteiger partial charge in [-0.25, -0.2) is 8.42 Å². The lowest BCUT2D eigenvalue weighted by Gasteiger charge is -2.46. The summed E-state index contributed by atoms with van der Waals surface area (Å²) in [5.41, 5.74) is 0.832. The number of benzene rings is 1. The minimum atomic E-state index is -3.57. The molecule has 1 atom stereocenters. The largest absolute Gasteiger partial charge is 0.350 e. The molecule has 0 aliphatic carbocycles. The van der Waals surface area contributed by atoms with Gasteiger partial charge >= 0.3 is 0 Å². The maximum absolute atomic E-state index is 12.9. The molecule has 8 heteroatoms. The number of hydrogen-bond acceptors (Lipinski definition) is 4. The highest BCUT2D eigenvalue weighted by atomic mass is 32.2. The number of amides is 2. The van der Waals surface area contributed by atoms with Crippen LogP contribution in [0.3, 0.4) is 0 Å². The number of sulfonamides is 1. The van der Waals surface area contributed by atoms with E-state index in [1.54, 1.807) is 6.92 Å². The van der Waals surface area contributed by atoms with Crippen molar-refractivity contribution in [2.24, 2.45) is 0 Å². The van der Waals surface area contributed by atoms with E-state index < -0.39 is 15.6 Å². The number of nitrogens with one attached hydrogen (secondary N) is 1. The molecule has 1 unspecified atom stereocenters. The lowest BCUT2D eigenvalue weighted by Crippen LogP contribution is -2.69. The molecule has 7 nitrogen and oxygen atoms in total. The van der Waals surface area contributed by atoms with Crippen LogP contribution < -0.4 is 5.32 Å². The second kappa shape index (κ2) is 7.75. The monoisotopic (exact) mass is 381 g/mol. The van der Waals surface area contributed by atoms with Gasteiger partial charge in [-0.15, -0.1) is 0 Å². The van der Waals surface area contributed by atoms with Crippen LogP contribution in [0.5, 0.6) is 0 Å². The van der Waals surface area contributed by atoms with E-state index in [4.69, 9.17) is 0 Å². The van der Waals surface area contributed by atoms with Crippen molar-refractivity contribution >= 4 is 21.8 Å². The number of rotatable bonds is 6. The van der Waals surface area contributed by atoms with Crippen LogP contribution in [0.25, 0.3) is 0 Å². The van der Waals surface area contributed by atoms with E-state index >= 15 is 0 Å². The summed E-state index contributed by atoms with van der Waals surface area (Å²) in [5, 5.41) is 2.86. The van der Waals surface area contributed by atoms with Gasteiger partial charge in [0, 0.05) is 19.6 Å². The number of nitrogens with zero attached hydrogens (tertiary/aromatic N) is 2. The Morgan fingerprint density at radius 2 is 1.88 bits per heavy atom. The molecule has 1 aliphatic rings. The normalized spacial score (nSPS) is 21.7.